The maximum atomic E-state index is 5.98. The third-order valence-electron chi connectivity index (χ3n) is 3.55. The highest BCUT2D eigenvalue weighted by atomic mass is 127. The number of pyridine rings is 1. The molecule has 0 atom stereocenters. The van der Waals surface area contributed by atoms with Crippen molar-refractivity contribution >= 4 is 35.6 Å². The fourth-order valence-corrected chi connectivity index (χ4v) is 2.35. The lowest BCUT2D eigenvalue weighted by Gasteiger charge is -2.10. The van der Waals surface area contributed by atoms with E-state index in [9.17, 15) is 0 Å². The van der Waals surface area contributed by atoms with Crippen molar-refractivity contribution in [1.29, 1.82) is 0 Å². The number of benzene rings is 2. The van der Waals surface area contributed by atoms with E-state index < -0.39 is 0 Å². The molecule has 0 amide bonds. The minimum atomic E-state index is 0. The van der Waals surface area contributed by atoms with Crippen molar-refractivity contribution in [2.24, 2.45) is 10.7 Å². The Hall–Kier alpha value is -2.81. The van der Waals surface area contributed by atoms with Crippen LogP contribution in [0.2, 0.25) is 0 Å². The van der Waals surface area contributed by atoms with Crippen molar-refractivity contribution in [3.8, 4) is 17.4 Å². The van der Waals surface area contributed by atoms with Crippen molar-refractivity contribution in [1.82, 2.24) is 4.98 Å². The monoisotopic (exact) mass is 476 g/mol. The molecule has 0 radical (unpaired) electrons. The van der Waals surface area contributed by atoms with Crippen molar-refractivity contribution in [2.45, 2.75) is 6.54 Å². The Morgan fingerprint density at radius 1 is 1.04 bits per heavy atom. The number of anilines is 1. The van der Waals surface area contributed by atoms with E-state index in [0.717, 1.165) is 17.0 Å². The van der Waals surface area contributed by atoms with Crippen LogP contribution in [-0.2, 0) is 6.54 Å². The molecule has 0 saturated carbocycles. The summed E-state index contributed by atoms with van der Waals surface area (Å²) >= 11 is 0. The molecule has 0 bridgehead atoms. The standard InChI is InChI=1S/C20H20N4O2.HI/c1-25-19-15(7-6-12-22-19)14-23-20(21)24-16-8-5-11-18(13-16)26-17-9-3-2-4-10-17;/h2-13H,14H2,1H3,(H3,21,23,24);1H. The molecular formula is C20H21IN4O2. The van der Waals surface area contributed by atoms with Crippen LogP contribution in [0.4, 0.5) is 5.69 Å². The molecule has 140 valence electrons. The number of hydrogen-bond donors (Lipinski definition) is 2. The van der Waals surface area contributed by atoms with Gasteiger partial charge in [0, 0.05) is 23.5 Å². The molecule has 0 aliphatic heterocycles. The lowest BCUT2D eigenvalue weighted by Crippen LogP contribution is -2.22. The molecule has 0 saturated heterocycles. The van der Waals surface area contributed by atoms with Crippen LogP contribution in [0.5, 0.6) is 17.4 Å². The summed E-state index contributed by atoms with van der Waals surface area (Å²) in [5.41, 5.74) is 7.64. The van der Waals surface area contributed by atoms with Gasteiger partial charge in [-0.3, -0.25) is 0 Å². The summed E-state index contributed by atoms with van der Waals surface area (Å²) in [5, 5.41) is 3.06. The van der Waals surface area contributed by atoms with Crippen LogP contribution >= 0.6 is 24.0 Å². The van der Waals surface area contributed by atoms with E-state index in [4.69, 9.17) is 15.2 Å². The van der Waals surface area contributed by atoms with Gasteiger partial charge in [-0.25, -0.2) is 9.98 Å². The van der Waals surface area contributed by atoms with Gasteiger partial charge in [0.05, 0.1) is 13.7 Å². The van der Waals surface area contributed by atoms with Crippen LogP contribution in [0.25, 0.3) is 0 Å². The largest absolute Gasteiger partial charge is 0.481 e. The Morgan fingerprint density at radius 3 is 2.59 bits per heavy atom. The second-order valence-corrected chi connectivity index (χ2v) is 5.44. The minimum Gasteiger partial charge on any atom is -0.481 e. The van der Waals surface area contributed by atoms with Gasteiger partial charge in [-0.1, -0.05) is 30.3 Å². The first-order valence-electron chi connectivity index (χ1n) is 8.12. The fraction of sp³-hybridized carbons (Fsp3) is 0.100. The Labute approximate surface area is 175 Å². The summed E-state index contributed by atoms with van der Waals surface area (Å²) in [6.07, 6.45) is 1.67. The molecule has 27 heavy (non-hydrogen) atoms. The molecule has 2 aromatic carbocycles. The quantitative estimate of drug-likeness (QED) is 0.313. The van der Waals surface area contributed by atoms with Crippen LogP contribution in [0.1, 0.15) is 5.56 Å². The zero-order chi connectivity index (χ0) is 18.2. The van der Waals surface area contributed by atoms with Gasteiger partial charge >= 0.3 is 0 Å². The molecule has 3 rings (SSSR count). The number of para-hydroxylation sites is 1. The van der Waals surface area contributed by atoms with Crippen molar-refractivity contribution in [2.75, 3.05) is 12.4 Å². The third kappa shape index (κ3) is 6.14. The maximum Gasteiger partial charge on any atom is 0.218 e. The summed E-state index contributed by atoms with van der Waals surface area (Å²) in [7, 11) is 1.58. The predicted octanol–water partition coefficient (Wildman–Crippen LogP) is 4.43. The molecule has 3 N–H and O–H groups in total. The smallest absolute Gasteiger partial charge is 0.218 e. The zero-order valence-corrected chi connectivity index (χ0v) is 17.2. The normalized spacial score (nSPS) is 10.6. The number of methoxy groups -OCH3 is 1. The van der Waals surface area contributed by atoms with Crippen LogP contribution < -0.4 is 20.5 Å². The molecule has 6 nitrogen and oxygen atoms in total. The first kappa shape index (κ1) is 20.5. The van der Waals surface area contributed by atoms with Gasteiger partial charge in [-0.05, 0) is 30.3 Å². The number of hydrogen-bond acceptors (Lipinski definition) is 4. The van der Waals surface area contributed by atoms with E-state index in [-0.39, 0.29) is 24.0 Å². The second kappa shape index (κ2) is 10.4. The van der Waals surface area contributed by atoms with Crippen LogP contribution in [0, 0.1) is 0 Å². The average Bonchev–Trinajstić information content (AvgIpc) is 2.67. The third-order valence-corrected chi connectivity index (χ3v) is 3.55. The lowest BCUT2D eigenvalue weighted by molar-refractivity contribution is 0.392. The molecule has 1 heterocycles. The molecule has 1 aromatic heterocycles. The van der Waals surface area contributed by atoms with Gasteiger partial charge in [0.2, 0.25) is 5.88 Å². The first-order chi connectivity index (χ1) is 12.7. The van der Waals surface area contributed by atoms with Gasteiger partial charge in [0.25, 0.3) is 0 Å². The Kier molecular flexibility index (Phi) is 7.87. The molecule has 0 spiro atoms. The Balaban J connectivity index is 0.00000261. The lowest BCUT2D eigenvalue weighted by atomic mass is 10.3. The van der Waals surface area contributed by atoms with Crippen LogP contribution in [0.3, 0.4) is 0 Å². The Morgan fingerprint density at radius 2 is 1.81 bits per heavy atom. The summed E-state index contributed by atoms with van der Waals surface area (Å²) in [5.74, 6) is 2.33. The predicted molar refractivity (Wildman–Crippen MR) is 118 cm³/mol. The summed E-state index contributed by atoms with van der Waals surface area (Å²) in [6.45, 7) is 0.371. The van der Waals surface area contributed by atoms with E-state index in [1.807, 2.05) is 66.7 Å². The summed E-state index contributed by atoms with van der Waals surface area (Å²) in [4.78, 5) is 8.48. The van der Waals surface area contributed by atoms with E-state index in [1.165, 1.54) is 0 Å². The molecule has 0 unspecified atom stereocenters. The zero-order valence-electron chi connectivity index (χ0n) is 14.8. The minimum absolute atomic E-state index is 0. The Bertz CT molecular complexity index is 888. The van der Waals surface area contributed by atoms with E-state index in [1.54, 1.807) is 13.3 Å². The van der Waals surface area contributed by atoms with Crippen molar-refractivity contribution in [3.63, 3.8) is 0 Å². The number of nitrogens with one attached hydrogen (secondary N) is 1. The number of ether oxygens (including phenoxy) is 2. The maximum absolute atomic E-state index is 5.98. The summed E-state index contributed by atoms with van der Waals surface area (Å²) in [6, 6.07) is 20.9. The summed E-state index contributed by atoms with van der Waals surface area (Å²) < 4.78 is 11.0. The molecular weight excluding hydrogens is 455 g/mol. The number of rotatable bonds is 6. The van der Waals surface area contributed by atoms with Crippen LogP contribution in [-0.4, -0.2) is 18.1 Å². The van der Waals surface area contributed by atoms with Gasteiger partial charge in [0.15, 0.2) is 5.96 Å². The number of halogens is 1. The number of aliphatic imine (C=N–C) groups is 1. The molecule has 0 aliphatic carbocycles. The fourth-order valence-electron chi connectivity index (χ4n) is 2.35. The molecule has 7 heteroatoms. The van der Waals surface area contributed by atoms with Gasteiger partial charge in [-0.15, -0.1) is 24.0 Å². The number of guanidine groups is 1. The number of nitrogens with two attached hydrogens (primary N) is 1. The highest BCUT2D eigenvalue weighted by Crippen LogP contribution is 2.23. The topological polar surface area (TPSA) is 81.8 Å². The highest BCUT2D eigenvalue weighted by Gasteiger charge is 2.03. The number of aromatic nitrogens is 1. The van der Waals surface area contributed by atoms with E-state index >= 15 is 0 Å². The molecule has 0 fully saturated rings. The van der Waals surface area contributed by atoms with Gasteiger partial charge < -0.3 is 20.5 Å². The van der Waals surface area contributed by atoms with Gasteiger partial charge in [0.1, 0.15) is 11.5 Å². The second-order valence-electron chi connectivity index (χ2n) is 5.44. The average molecular weight is 476 g/mol. The highest BCUT2D eigenvalue weighted by molar-refractivity contribution is 14.0. The molecule has 0 aliphatic rings. The number of nitrogens with zero attached hydrogens (tertiary/aromatic N) is 2. The van der Waals surface area contributed by atoms with E-state index in [0.29, 0.717) is 24.1 Å². The molecule has 3 aromatic rings. The van der Waals surface area contributed by atoms with E-state index in [2.05, 4.69) is 15.3 Å². The first-order valence-corrected chi connectivity index (χ1v) is 8.12. The van der Waals surface area contributed by atoms with Crippen LogP contribution in [0.15, 0.2) is 77.9 Å². The van der Waals surface area contributed by atoms with Crippen molar-refractivity contribution < 1.29 is 9.47 Å². The van der Waals surface area contributed by atoms with Gasteiger partial charge in [-0.2, -0.15) is 0 Å². The SMILES string of the molecule is COc1ncccc1CN=C(N)Nc1cccc(Oc2ccccc2)c1.I. The van der Waals surface area contributed by atoms with Crippen molar-refractivity contribution in [3.05, 3.63) is 78.5 Å².